The molecule has 0 saturated carbocycles. The average molecular weight is 322 g/mol. The Balaban J connectivity index is 2.28. The molecule has 0 bridgehead atoms. The number of nitrogens with zero attached hydrogens (tertiary/aromatic N) is 2. The molecule has 3 rings (SSSR count). The van der Waals surface area contributed by atoms with Gasteiger partial charge in [0.1, 0.15) is 11.8 Å². The van der Waals surface area contributed by atoms with Crippen LogP contribution in [0.1, 0.15) is 29.8 Å². The Bertz CT molecular complexity index is 951. The van der Waals surface area contributed by atoms with Crippen molar-refractivity contribution < 1.29 is 14.3 Å². The van der Waals surface area contributed by atoms with Gasteiger partial charge in [-0.1, -0.05) is 19.1 Å². The largest absolute Gasteiger partial charge is 0.477 e. The molecule has 3 aromatic rings. The summed E-state index contributed by atoms with van der Waals surface area (Å²) in [6.07, 6.45) is 2.71. The van der Waals surface area contributed by atoms with Crippen LogP contribution in [0.2, 0.25) is 0 Å². The summed E-state index contributed by atoms with van der Waals surface area (Å²) in [7, 11) is 0. The van der Waals surface area contributed by atoms with Crippen molar-refractivity contribution in [1.29, 1.82) is 5.26 Å². The van der Waals surface area contributed by atoms with Gasteiger partial charge in [0.15, 0.2) is 6.61 Å². The number of pyridine rings is 1. The van der Waals surface area contributed by atoms with E-state index in [4.69, 9.17) is 14.7 Å². The molecule has 0 saturated heterocycles. The molecule has 0 atom stereocenters. The summed E-state index contributed by atoms with van der Waals surface area (Å²) < 4.78 is 12.5. The van der Waals surface area contributed by atoms with E-state index in [1.807, 2.05) is 28.7 Å². The SMILES string of the molecule is CCOC(=O)c1c2ccc(CC)cc2n2cc(OCC#N)ccc12. The van der Waals surface area contributed by atoms with Gasteiger partial charge in [0.2, 0.25) is 0 Å². The van der Waals surface area contributed by atoms with Gasteiger partial charge >= 0.3 is 5.97 Å². The lowest BCUT2D eigenvalue weighted by Crippen LogP contribution is -2.04. The summed E-state index contributed by atoms with van der Waals surface area (Å²) in [6, 6.07) is 11.6. The highest BCUT2D eigenvalue weighted by Crippen LogP contribution is 2.30. The molecule has 5 heteroatoms. The first-order valence-corrected chi connectivity index (χ1v) is 7.93. The van der Waals surface area contributed by atoms with E-state index >= 15 is 0 Å². The molecule has 0 fully saturated rings. The maximum atomic E-state index is 12.4. The zero-order chi connectivity index (χ0) is 17.1. The maximum Gasteiger partial charge on any atom is 0.340 e. The molecule has 0 spiro atoms. The molecule has 0 aliphatic heterocycles. The van der Waals surface area contributed by atoms with Crippen molar-refractivity contribution in [3.05, 3.63) is 47.7 Å². The molecule has 0 amide bonds. The zero-order valence-electron chi connectivity index (χ0n) is 13.7. The number of hydrogen-bond acceptors (Lipinski definition) is 4. The number of carbonyl (C=O) groups is 1. The second-order valence-electron chi connectivity index (χ2n) is 5.37. The number of esters is 1. The van der Waals surface area contributed by atoms with E-state index in [2.05, 4.69) is 13.0 Å². The third-order valence-corrected chi connectivity index (χ3v) is 3.96. The first-order chi connectivity index (χ1) is 11.7. The van der Waals surface area contributed by atoms with Crippen LogP contribution in [0.4, 0.5) is 0 Å². The van der Waals surface area contributed by atoms with Gasteiger partial charge in [-0.05, 0) is 37.1 Å². The topological polar surface area (TPSA) is 63.7 Å². The van der Waals surface area contributed by atoms with E-state index in [0.29, 0.717) is 17.9 Å². The molecule has 0 aliphatic carbocycles. The molecule has 2 aromatic heterocycles. The van der Waals surface area contributed by atoms with Crippen molar-refractivity contribution in [3.63, 3.8) is 0 Å². The van der Waals surface area contributed by atoms with E-state index in [1.165, 1.54) is 5.56 Å². The summed E-state index contributed by atoms with van der Waals surface area (Å²) in [5.74, 6) is 0.248. The lowest BCUT2D eigenvalue weighted by Gasteiger charge is -2.04. The van der Waals surface area contributed by atoms with Gasteiger partial charge in [-0.25, -0.2) is 4.79 Å². The monoisotopic (exact) mass is 322 g/mol. The maximum absolute atomic E-state index is 12.4. The smallest absolute Gasteiger partial charge is 0.340 e. The van der Waals surface area contributed by atoms with E-state index < -0.39 is 0 Å². The van der Waals surface area contributed by atoms with Crippen LogP contribution in [-0.2, 0) is 11.2 Å². The molecule has 122 valence electrons. The Kier molecular flexibility index (Phi) is 4.39. The third-order valence-electron chi connectivity index (χ3n) is 3.96. The summed E-state index contributed by atoms with van der Waals surface area (Å²) in [5.41, 5.74) is 3.43. The van der Waals surface area contributed by atoms with Crippen LogP contribution in [-0.4, -0.2) is 23.6 Å². The molecular formula is C19H18N2O3. The lowest BCUT2D eigenvalue weighted by molar-refractivity contribution is 0.0531. The van der Waals surface area contributed by atoms with Gasteiger partial charge < -0.3 is 13.9 Å². The van der Waals surface area contributed by atoms with E-state index in [0.717, 1.165) is 22.8 Å². The summed E-state index contributed by atoms with van der Waals surface area (Å²) >= 11 is 0. The molecule has 2 heterocycles. The number of aryl methyl sites for hydroxylation is 1. The molecule has 0 aliphatic rings. The summed E-state index contributed by atoms with van der Waals surface area (Å²) in [5, 5.41) is 9.52. The average Bonchev–Trinajstić information content (AvgIpc) is 2.93. The highest BCUT2D eigenvalue weighted by atomic mass is 16.5. The second-order valence-corrected chi connectivity index (χ2v) is 5.37. The molecule has 1 aromatic carbocycles. The number of benzene rings is 1. The van der Waals surface area contributed by atoms with Crippen LogP contribution in [0.3, 0.4) is 0 Å². The fourth-order valence-electron chi connectivity index (χ4n) is 2.85. The highest BCUT2D eigenvalue weighted by molar-refractivity contribution is 6.11. The second kappa shape index (κ2) is 6.63. The Morgan fingerprint density at radius 1 is 1.21 bits per heavy atom. The third kappa shape index (κ3) is 2.67. The Morgan fingerprint density at radius 3 is 2.75 bits per heavy atom. The van der Waals surface area contributed by atoms with Crippen LogP contribution >= 0.6 is 0 Å². The van der Waals surface area contributed by atoms with Crippen molar-refractivity contribution in [2.75, 3.05) is 13.2 Å². The fourth-order valence-corrected chi connectivity index (χ4v) is 2.85. The molecule has 24 heavy (non-hydrogen) atoms. The quantitative estimate of drug-likeness (QED) is 0.671. The zero-order valence-corrected chi connectivity index (χ0v) is 13.7. The molecule has 5 nitrogen and oxygen atoms in total. The molecule has 0 radical (unpaired) electrons. The molecular weight excluding hydrogens is 304 g/mol. The standard InChI is InChI=1S/C19H18N2O3/c1-3-13-5-7-15-17(11-13)21-12-14(24-10-9-20)6-8-16(21)18(15)19(22)23-4-2/h5-8,11-12H,3-4,10H2,1-2H3. The molecule has 0 N–H and O–H groups in total. The van der Waals surface area contributed by atoms with Crippen LogP contribution in [0.5, 0.6) is 5.75 Å². The Hall–Kier alpha value is -3.00. The van der Waals surface area contributed by atoms with E-state index in [1.54, 1.807) is 19.2 Å². The fraction of sp³-hybridized carbons (Fsp3) is 0.263. The predicted molar refractivity (Wildman–Crippen MR) is 91.3 cm³/mol. The number of nitriles is 1. The van der Waals surface area contributed by atoms with Crippen LogP contribution in [0.15, 0.2) is 36.5 Å². The van der Waals surface area contributed by atoms with Gasteiger partial charge in [0.25, 0.3) is 0 Å². The van der Waals surface area contributed by atoms with Gasteiger partial charge in [-0.2, -0.15) is 5.26 Å². The number of carbonyl (C=O) groups excluding carboxylic acids is 1. The Morgan fingerprint density at radius 2 is 2.04 bits per heavy atom. The normalized spacial score (nSPS) is 10.7. The predicted octanol–water partition coefficient (Wildman–Crippen LogP) is 3.73. The number of ether oxygens (including phenoxy) is 2. The van der Waals surface area contributed by atoms with Crippen molar-refractivity contribution in [3.8, 4) is 11.8 Å². The number of aromatic nitrogens is 1. The number of rotatable bonds is 5. The minimum absolute atomic E-state index is 0.0182. The van der Waals surface area contributed by atoms with Crippen molar-refractivity contribution in [2.24, 2.45) is 0 Å². The van der Waals surface area contributed by atoms with Crippen molar-refractivity contribution >= 4 is 22.4 Å². The van der Waals surface area contributed by atoms with Gasteiger partial charge in [-0.3, -0.25) is 0 Å². The minimum Gasteiger partial charge on any atom is -0.477 e. The first kappa shape index (κ1) is 15.9. The first-order valence-electron chi connectivity index (χ1n) is 7.93. The van der Waals surface area contributed by atoms with E-state index in [-0.39, 0.29) is 12.6 Å². The van der Waals surface area contributed by atoms with Crippen LogP contribution in [0.25, 0.3) is 16.4 Å². The summed E-state index contributed by atoms with van der Waals surface area (Å²) in [4.78, 5) is 12.4. The number of hydrogen-bond donors (Lipinski definition) is 0. The molecule has 0 unspecified atom stereocenters. The van der Waals surface area contributed by atoms with Crippen molar-refractivity contribution in [2.45, 2.75) is 20.3 Å². The van der Waals surface area contributed by atoms with Crippen LogP contribution < -0.4 is 4.74 Å². The number of fused-ring (bicyclic) bond motifs is 3. The Labute approximate surface area is 140 Å². The highest BCUT2D eigenvalue weighted by Gasteiger charge is 2.19. The lowest BCUT2D eigenvalue weighted by atomic mass is 10.1. The van der Waals surface area contributed by atoms with Gasteiger partial charge in [-0.15, -0.1) is 0 Å². The van der Waals surface area contributed by atoms with Crippen LogP contribution in [0, 0.1) is 11.3 Å². The summed E-state index contributed by atoms with van der Waals surface area (Å²) in [6.45, 7) is 4.19. The minimum atomic E-state index is -0.333. The van der Waals surface area contributed by atoms with Gasteiger partial charge in [0.05, 0.1) is 29.4 Å². The van der Waals surface area contributed by atoms with E-state index in [9.17, 15) is 4.79 Å². The van der Waals surface area contributed by atoms with Crippen molar-refractivity contribution in [1.82, 2.24) is 4.40 Å². The van der Waals surface area contributed by atoms with Gasteiger partial charge in [0, 0.05) is 5.39 Å².